The zero-order valence-electron chi connectivity index (χ0n) is 9.68. The average Bonchev–Trinajstić information content (AvgIpc) is 2.38. The predicted molar refractivity (Wildman–Crippen MR) is 87.6 cm³/mol. The molecule has 0 bridgehead atoms. The van der Waals surface area contributed by atoms with Gasteiger partial charge in [0.1, 0.15) is 0 Å². The van der Waals surface area contributed by atoms with Gasteiger partial charge in [-0.05, 0) is 58.6 Å². The van der Waals surface area contributed by atoms with Gasteiger partial charge in [-0.3, -0.25) is 0 Å². The molecule has 0 spiro atoms. The third-order valence-electron chi connectivity index (χ3n) is 2.39. The number of nitrogens with one attached hydrogen (secondary N) is 1. The molecule has 0 aliphatic rings. The van der Waals surface area contributed by atoms with Crippen molar-refractivity contribution < 1.29 is 0 Å². The highest BCUT2D eigenvalue weighted by molar-refractivity contribution is 9.10. The molecule has 0 amide bonds. The summed E-state index contributed by atoms with van der Waals surface area (Å²) in [6.07, 6.45) is 1.67. The van der Waals surface area contributed by atoms with Crippen molar-refractivity contribution in [3.05, 3.63) is 49.6 Å². The minimum atomic E-state index is 0.409. The maximum absolute atomic E-state index is 6.10. The number of aromatic nitrogens is 1. The first-order valence-electron chi connectivity index (χ1n) is 5.17. The van der Waals surface area contributed by atoms with Gasteiger partial charge >= 0.3 is 0 Å². The van der Waals surface area contributed by atoms with Gasteiger partial charge in [0.05, 0.1) is 10.7 Å². The summed E-state index contributed by atoms with van der Waals surface area (Å²) in [6.45, 7) is 1.94. The minimum absolute atomic E-state index is 0.409. The van der Waals surface area contributed by atoms with Gasteiger partial charge in [-0.2, -0.15) is 0 Å². The van der Waals surface area contributed by atoms with Crippen molar-refractivity contribution in [2.24, 2.45) is 0 Å². The van der Waals surface area contributed by atoms with Crippen molar-refractivity contribution in [1.82, 2.24) is 4.98 Å². The number of anilines is 1. The summed E-state index contributed by atoms with van der Waals surface area (Å²) < 4.78 is 4.04. The van der Waals surface area contributed by atoms with Crippen LogP contribution in [-0.4, -0.2) is 4.98 Å². The Morgan fingerprint density at radius 3 is 2.74 bits per heavy atom. The van der Waals surface area contributed by atoms with E-state index in [1.54, 1.807) is 24.4 Å². The van der Waals surface area contributed by atoms with E-state index in [0.29, 0.717) is 15.2 Å². The Kier molecular flexibility index (Phi) is 5.26. The molecule has 1 aromatic heterocycles. The second-order valence-corrected chi connectivity index (χ2v) is 6.58. The van der Waals surface area contributed by atoms with Gasteiger partial charge in [0.15, 0.2) is 5.15 Å². The molecule has 7 heteroatoms. The van der Waals surface area contributed by atoms with E-state index >= 15 is 0 Å². The first kappa shape index (κ1) is 15.3. The second kappa shape index (κ2) is 6.55. The highest BCUT2D eigenvalue weighted by Crippen LogP contribution is 2.35. The molecular formula is C12H8BrCl3N2S. The SMILES string of the molecule is Cc1c(Br)cnc(Cl)c1NSc1cc(Cl)ccc1Cl. The minimum Gasteiger partial charge on any atom is -0.323 e. The normalized spacial score (nSPS) is 10.6. The lowest BCUT2D eigenvalue weighted by Gasteiger charge is -2.12. The number of nitrogens with zero attached hydrogens (tertiary/aromatic N) is 1. The van der Waals surface area contributed by atoms with Crippen LogP contribution in [0.1, 0.15) is 5.56 Å². The van der Waals surface area contributed by atoms with Crippen LogP contribution < -0.4 is 4.72 Å². The number of hydrogen-bond acceptors (Lipinski definition) is 3. The summed E-state index contributed by atoms with van der Waals surface area (Å²) in [5, 5.41) is 1.66. The Bertz CT molecular complexity index is 622. The lowest BCUT2D eigenvalue weighted by atomic mass is 10.3. The van der Waals surface area contributed by atoms with Crippen molar-refractivity contribution in [1.29, 1.82) is 0 Å². The molecule has 2 aromatic rings. The Hall–Kier alpha value is -0.130. The van der Waals surface area contributed by atoms with Gasteiger partial charge in [-0.25, -0.2) is 4.98 Å². The van der Waals surface area contributed by atoms with Crippen LogP contribution in [0.3, 0.4) is 0 Å². The van der Waals surface area contributed by atoms with Crippen molar-refractivity contribution in [2.45, 2.75) is 11.8 Å². The molecule has 100 valence electrons. The van der Waals surface area contributed by atoms with Crippen LogP contribution in [0, 0.1) is 6.92 Å². The molecule has 0 atom stereocenters. The van der Waals surface area contributed by atoms with Crippen molar-refractivity contribution in [2.75, 3.05) is 4.72 Å². The lowest BCUT2D eigenvalue weighted by molar-refractivity contribution is 1.26. The molecule has 0 radical (unpaired) electrons. The Labute approximate surface area is 139 Å². The molecule has 2 nitrogen and oxygen atoms in total. The standard InChI is InChI=1S/C12H8BrCl3N2S/c1-6-8(13)5-17-12(16)11(6)18-19-10-4-7(14)2-3-9(10)15/h2-5,18H,1H3. The molecule has 1 heterocycles. The lowest BCUT2D eigenvalue weighted by Crippen LogP contribution is -1.94. The summed E-state index contributed by atoms with van der Waals surface area (Å²) in [5.41, 5.74) is 1.72. The highest BCUT2D eigenvalue weighted by Gasteiger charge is 2.10. The van der Waals surface area contributed by atoms with E-state index in [4.69, 9.17) is 34.8 Å². The summed E-state index contributed by atoms with van der Waals surface area (Å²) in [4.78, 5) is 4.90. The molecule has 2 rings (SSSR count). The van der Waals surface area contributed by atoms with Gasteiger partial charge in [0.2, 0.25) is 0 Å². The Morgan fingerprint density at radius 1 is 1.26 bits per heavy atom. The molecule has 0 saturated carbocycles. The monoisotopic (exact) mass is 396 g/mol. The summed E-state index contributed by atoms with van der Waals surface area (Å²) in [6, 6.07) is 5.28. The Morgan fingerprint density at radius 2 is 2.00 bits per heavy atom. The smallest absolute Gasteiger partial charge is 0.153 e. The number of halogens is 4. The molecule has 19 heavy (non-hydrogen) atoms. The molecule has 0 aliphatic carbocycles. The third kappa shape index (κ3) is 3.70. The summed E-state index contributed by atoms with van der Waals surface area (Å²) in [7, 11) is 0. The molecule has 1 N–H and O–H groups in total. The van der Waals surface area contributed by atoms with E-state index in [9.17, 15) is 0 Å². The molecule has 0 fully saturated rings. The first-order chi connectivity index (χ1) is 8.99. The van der Waals surface area contributed by atoms with Gasteiger partial charge in [-0.1, -0.05) is 34.8 Å². The molecule has 0 unspecified atom stereocenters. The average molecular weight is 399 g/mol. The van der Waals surface area contributed by atoms with E-state index in [2.05, 4.69) is 25.6 Å². The molecule has 1 aromatic carbocycles. The van der Waals surface area contributed by atoms with Gasteiger partial charge in [0.25, 0.3) is 0 Å². The van der Waals surface area contributed by atoms with Crippen LogP contribution >= 0.6 is 62.7 Å². The van der Waals surface area contributed by atoms with Crippen LogP contribution in [0.5, 0.6) is 0 Å². The van der Waals surface area contributed by atoms with Gasteiger partial charge in [0, 0.05) is 20.6 Å². The third-order valence-corrected chi connectivity index (χ3v) is 5.01. The second-order valence-electron chi connectivity index (χ2n) is 3.68. The number of hydrogen-bond donors (Lipinski definition) is 1. The topological polar surface area (TPSA) is 24.9 Å². The summed E-state index contributed by atoms with van der Waals surface area (Å²) in [5.74, 6) is 0. The molecule has 0 aliphatic heterocycles. The van der Waals surface area contributed by atoms with Crippen LogP contribution in [-0.2, 0) is 0 Å². The summed E-state index contributed by atoms with van der Waals surface area (Å²) >= 11 is 22.9. The van der Waals surface area contributed by atoms with Gasteiger partial charge < -0.3 is 4.72 Å². The largest absolute Gasteiger partial charge is 0.323 e. The van der Waals surface area contributed by atoms with Crippen LogP contribution in [0.25, 0.3) is 0 Å². The van der Waals surface area contributed by atoms with Crippen LogP contribution in [0.4, 0.5) is 5.69 Å². The highest BCUT2D eigenvalue weighted by atomic mass is 79.9. The quantitative estimate of drug-likeness (QED) is 0.490. The van der Waals surface area contributed by atoms with Crippen molar-refractivity contribution >= 4 is 68.4 Å². The molecular weight excluding hydrogens is 390 g/mol. The fraction of sp³-hybridized carbons (Fsp3) is 0.0833. The van der Waals surface area contributed by atoms with E-state index in [0.717, 1.165) is 20.6 Å². The van der Waals surface area contributed by atoms with Crippen LogP contribution in [0.15, 0.2) is 33.8 Å². The maximum Gasteiger partial charge on any atom is 0.153 e. The van der Waals surface area contributed by atoms with Crippen molar-refractivity contribution in [3.63, 3.8) is 0 Å². The van der Waals surface area contributed by atoms with E-state index < -0.39 is 0 Å². The zero-order valence-corrected chi connectivity index (χ0v) is 14.3. The first-order valence-corrected chi connectivity index (χ1v) is 7.92. The van der Waals surface area contributed by atoms with E-state index in [-0.39, 0.29) is 0 Å². The molecule has 0 saturated heterocycles. The van der Waals surface area contributed by atoms with Crippen LogP contribution in [0.2, 0.25) is 15.2 Å². The number of rotatable bonds is 3. The van der Waals surface area contributed by atoms with E-state index in [1.807, 2.05) is 6.92 Å². The van der Waals surface area contributed by atoms with Crippen molar-refractivity contribution in [3.8, 4) is 0 Å². The maximum atomic E-state index is 6.10. The number of pyridine rings is 1. The fourth-order valence-electron chi connectivity index (χ4n) is 1.33. The van der Waals surface area contributed by atoms with Gasteiger partial charge in [-0.15, -0.1) is 0 Å². The zero-order chi connectivity index (χ0) is 14.0. The number of benzene rings is 1. The predicted octanol–water partition coefficient (Wildman–Crippen LogP) is 6.23. The Balaban J connectivity index is 2.24. The van der Waals surface area contributed by atoms with E-state index in [1.165, 1.54) is 11.9 Å². The fourth-order valence-corrected chi connectivity index (χ4v) is 3.21.